The Morgan fingerprint density at radius 2 is 1.75 bits per heavy atom. The summed E-state index contributed by atoms with van der Waals surface area (Å²) >= 11 is 0. The predicted octanol–water partition coefficient (Wildman–Crippen LogP) is 2.51. The van der Waals surface area contributed by atoms with E-state index < -0.39 is 11.7 Å². The van der Waals surface area contributed by atoms with Crippen LogP contribution in [0.3, 0.4) is 0 Å². The van der Waals surface area contributed by atoms with E-state index in [0.29, 0.717) is 22.9 Å². The summed E-state index contributed by atoms with van der Waals surface area (Å²) in [5, 5.41) is 11.9. The van der Waals surface area contributed by atoms with E-state index >= 15 is 0 Å². The Bertz CT molecular complexity index is 761. The van der Waals surface area contributed by atoms with Crippen molar-refractivity contribution in [3.63, 3.8) is 0 Å². The summed E-state index contributed by atoms with van der Waals surface area (Å²) in [4.78, 5) is 4.05. The van der Waals surface area contributed by atoms with E-state index in [2.05, 4.69) is 20.3 Å². The van der Waals surface area contributed by atoms with E-state index in [-0.39, 0.29) is 0 Å². The summed E-state index contributed by atoms with van der Waals surface area (Å²) in [6.07, 6.45) is -2.90. The third-order valence-corrected chi connectivity index (χ3v) is 2.80. The maximum atomic E-state index is 12.5. The van der Waals surface area contributed by atoms with Crippen LogP contribution < -0.4 is 0 Å². The van der Waals surface area contributed by atoms with Gasteiger partial charge < -0.3 is 0 Å². The van der Waals surface area contributed by atoms with Crippen molar-refractivity contribution in [2.24, 2.45) is 0 Å². The first-order chi connectivity index (χ1) is 9.45. The Hall–Kier alpha value is -2.51. The third-order valence-electron chi connectivity index (χ3n) is 2.80. The summed E-state index contributed by atoms with van der Waals surface area (Å²) in [5.41, 5.74) is 0.297. The van der Waals surface area contributed by atoms with Gasteiger partial charge in [-0.3, -0.25) is 0 Å². The third kappa shape index (κ3) is 2.09. The van der Waals surface area contributed by atoms with Crippen molar-refractivity contribution in [3.8, 4) is 11.3 Å². The average Bonchev–Trinajstić information content (AvgIpc) is 2.79. The lowest BCUT2D eigenvalue weighted by atomic mass is 10.1. The van der Waals surface area contributed by atoms with Gasteiger partial charge in [-0.25, -0.2) is 4.98 Å². The lowest BCUT2D eigenvalue weighted by molar-refractivity contribution is -0.137. The van der Waals surface area contributed by atoms with Gasteiger partial charge in [0.15, 0.2) is 5.82 Å². The Balaban J connectivity index is 2.04. The maximum Gasteiger partial charge on any atom is 0.416 e. The van der Waals surface area contributed by atoms with Crippen molar-refractivity contribution in [1.29, 1.82) is 0 Å². The molecule has 0 fully saturated rings. The van der Waals surface area contributed by atoms with Gasteiger partial charge >= 0.3 is 6.18 Å². The van der Waals surface area contributed by atoms with Crippen LogP contribution in [-0.2, 0) is 6.18 Å². The van der Waals surface area contributed by atoms with Crippen LogP contribution in [-0.4, -0.2) is 24.8 Å². The summed E-state index contributed by atoms with van der Waals surface area (Å²) < 4.78 is 38.9. The van der Waals surface area contributed by atoms with E-state index in [1.807, 2.05) is 0 Å². The smallest absolute Gasteiger partial charge is 0.216 e. The highest BCUT2D eigenvalue weighted by Crippen LogP contribution is 2.30. The van der Waals surface area contributed by atoms with Gasteiger partial charge in [0, 0.05) is 5.56 Å². The second-order valence-corrected chi connectivity index (χ2v) is 4.18. The molecule has 0 bridgehead atoms. The number of halogens is 3. The van der Waals surface area contributed by atoms with Crippen molar-refractivity contribution >= 4 is 5.78 Å². The van der Waals surface area contributed by atoms with Crippen molar-refractivity contribution in [3.05, 3.63) is 41.9 Å². The van der Waals surface area contributed by atoms with Crippen LogP contribution in [0.5, 0.6) is 0 Å². The van der Waals surface area contributed by atoms with E-state index in [9.17, 15) is 13.2 Å². The van der Waals surface area contributed by atoms with Crippen LogP contribution in [0.1, 0.15) is 11.4 Å². The minimum absolute atomic E-state index is 0.346. The van der Waals surface area contributed by atoms with Crippen LogP contribution in [0, 0.1) is 6.92 Å². The van der Waals surface area contributed by atoms with Crippen LogP contribution in [0.25, 0.3) is 17.0 Å². The van der Waals surface area contributed by atoms with Gasteiger partial charge in [-0.2, -0.15) is 22.8 Å². The van der Waals surface area contributed by atoms with Crippen LogP contribution in [0.4, 0.5) is 13.2 Å². The molecular weight excluding hydrogens is 271 g/mol. The normalized spacial score (nSPS) is 12.0. The molecule has 8 heteroatoms. The fourth-order valence-corrected chi connectivity index (χ4v) is 1.76. The molecule has 1 aromatic carbocycles. The Labute approximate surface area is 111 Å². The molecule has 3 rings (SSSR count). The summed E-state index contributed by atoms with van der Waals surface area (Å²) in [5.74, 6) is 0.902. The fraction of sp³-hybridized carbons (Fsp3) is 0.167. The summed E-state index contributed by atoms with van der Waals surface area (Å²) in [6, 6.07) is 4.75. The summed E-state index contributed by atoms with van der Waals surface area (Å²) in [6.45, 7) is 1.71. The molecule has 0 saturated heterocycles. The predicted molar refractivity (Wildman–Crippen MR) is 63.8 cm³/mol. The number of hydrogen-bond donors (Lipinski definition) is 0. The van der Waals surface area contributed by atoms with Crippen LogP contribution >= 0.6 is 0 Å². The number of aryl methyl sites for hydroxylation is 1. The number of alkyl halides is 3. The standard InChI is InChI=1S/C12H8F3N5/c1-7-17-18-11-16-6-10(19-20(7)11)8-2-4-9(5-3-8)12(13,14)15/h2-6H,1H3. The molecule has 2 aromatic heterocycles. The number of aromatic nitrogens is 5. The molecule has 2 heterocycles. The topological polar surface area (TPSA) is 56.0 Å². The Morgan fingerprint density at radius 1 is 1.05 bits per heavy atom. The lowest BCUT2D eigenvalue weighted by Gasteiger charge is -2.07. The molecule has 0 spiro atoms. The highest BCUT2D eigenvalue weighted by Gasteiger charge is 2.30. The summed E-state index contributed by atoms with van der Waals surface area (Å²) in [7, 11) is 0. The van der Waals surface area contributed by atoms with Crippen molar-refractivity contribution in [2.45, 2.75) is 13.1 Å². The maximum absolute atomic E-state index is 12.5. The monoisotopic (exact) mass is 279 g/mol. The zero-order chi connectivity index (χ0) is 14.3. The highest BCUT2D eigenvalue weighted by atomic mass is 19.4. The van der Waals surface area contributed by atoms with E-state index in [1.165, 1.54) is 22.8 Å². The Kier molecular flexibility index (Phi) is 2.66. The highest BCUT2D eigenvalue weighted by molar-refractivity contribution is 5.58. The molecule has 102 valence electrons. The molecule has 0 atom stereocenters. The van der Waals surface area contributed by atoms with Gasteiger partial charge in [0.1, 0.15) is 5.69 Å². The number of benzene rings is 1. The molecule has 0 amide bonds. The Morgan fingerprint density at radius 3 is 2.40 bits per heavy atom. The van der Waals surface area contributed by atoms with E-state index in [4.69, 9.17) is 0 Å². The lowest BCUT2D eigenvalue weighted by Crippen LogP contribution is -2.04. The molecule has 5 nitrogen and oxygen atoms in total. The van der Waals surface area contributed by atoms with E-state index in [0.717, 1.165) is 12.1 Å². The molecule has 0 N–H and O–H groups in total. The van der Waals surface area contributed by atoms with Gasteiger partial charge in [0.25, 0.3) is 5.78 Å². The molecule has 0 saturated carbocycles. The first kappa shape index (κ1) is 12.5. The van der Waals surface area contributed by atoms with Gasteiger partial charge in [-0.15, -0.1) is 10.2 Å². The minimum Gasteiger partial charge on any atom is -0.216 e. The van der Waals surface area contributed by atoms with Gasteiger partial charge in [-0.1, -0.05) is 12.1 Å². The second-order valence-electron chi connectivity index (χ2n) is 4.18. The van der Waals surface area contributed by atoms with Gasteiger partial charge in [0.05, 0.1) is 11.8 Å². The van der Waals surface area contributed by atoms with Crippen molar-refractivity contribution < 1.29 is 13.2 Å². The molecule has 0 radical (unpaired) electrons. The second kappa shape index (κ2) is 4.26. The molecule has 3 aromatic rings. The van der Waals surface area contributed by atoms with Crippen molar-refractivity contribution in [1.82, 2.24) is 24.8 Å². The SMILES string of the molecule is Cc1nnc2ncc(-c3ccc(C(F)(F)F)cc3)nn12. The molecule has 0 unspecified atom stereocenters. The van der Waals surface area contributed by atoms with Crippen LogP contribution in [0.2, 0.25) is 0 Å². The molecule has 20 heavy (non-hydrogen) atoms. The number of rotatable bonds is 1. The average molecular weight is 279 g/mol. The molecule has 0 aliphatic carbocycles. The first-order valence-electron chi connectivity index (χ1n) is 5.68. The van der Waals surface area contributed by atoms with E-state index in [1.54, 1.807) is 6.92 Å². The minimum atomic E-state index is -4.35. The number of hydrogen-bond acceptors (Lipinski definition) is 4. The fourth-order valence-electron chi connectivity index (χ4n) is 1.76. The first-order valence-corrected chi connectivity index (χ1v) is 5.68. The zero-order valence-electron chi connectivity index (χ0n) is 10.3. The molecule has 0 aliphatic heterocycles. The quantitative estimate of drug-likeness (QED) is 0.686. The van der Waals surface area contributed by atoms with Gasteiger partial charge in [0.2, 0.25) is 0 Å². The molecular formula is C12H8F3N5. The van der Waals surface area contributed by atoms with Gasteiger partial charge in [-0.05, 0) is 19.1 Å². The molecule has 0 aliphatic rings. The van der Waals surface area contributed by atoms with Crippen LogP contribution in [0.15, 0.2) is 30.5 Å². The zero-order valence-corrected chi connectivity index (χ0v) is 10.3. The number of fused-ring (bicyclic) bond motifs is 1. The largest absolute Gasteiger partial charge is 0.416 e. The van der Waals surface area contributed by atoms with Crippen molar-refractivity contribution in [2.75, 3.05) is 0 Å². The number of nitrogens with zero attached hydrogens (tertiary/aromatic N) is 5.